The largest absolute Gasteiger partial charge is 0.435 e. The van der Waals surface area contributed by atoms with Crippen molar-refractivity contribution in [3.8, 4) is 0 Å². The maximum Gasteiger partial charge on any atom is 0.435 e. The highest BCUT2D eigenvalue weighted by Crippen LogP contribution is 2.68. The molecule has 0 aromatic rings. The third-order valence-electron chi connectivity index (χ3n) is 12.0. The predicted molar refractivity (Wildman–Crippen MR) is 131 cm³/mol. The van der Waals surface area contributed by atoms with Gasteiger partial charge < -0.3 is 9.47 Å². The van der Waals surface area contributed by atoms with Gasteiger partial charge >= 0.3 is 24.1 Å². The monoisotopic (exact) mass is 612 g/mol. The molecular formula is C29H42F10O2. The lowest BCUT2D eigenvalue weighted by Gasteiger charge is -2.61. The zero-order valence-corrected chi connectivity index (χ0v) is 23.8. The molecule has 0 bridgehead atoms. The van der Waals surface area contributed by atoms with E-state index in [1.54, 1.807) is 0 Å². The molecule has 41 heavy (non-hydrogen) atoms. The van der Waals surface area contributed by atoms with Crippen LogP contribution in [0, 0.1) is 46.3 Å². The fourth-order valence-corrected chi connectivity index (χ4v) is 9.99. The Morgan fingerprint density at radius 1 is 0.756 bits per heavy atom. The zero-order valence-electron chi connectivity index (χ0n) is 23.8. The van der Waals surface area contributed by atoms with Crippen LogP contribution in [0.25, 0.3) is 0 Å². The first-order chi connectivity index (χ1) is 18.8. The lowest BCUT2D eigenvalue weighted by molar-refractivity contribution is -0.457. The summed E-state index contributed by atoms with van der Waals surface area (Å²) in [5, 5.41) is 0. The molecule has 12 heteroatoms. The highest BCUT2D eigenvalue weighted by Gasteiger charge is 2.85. The van der Waals surface area contributed by atoms with E-state index >= 15 is 0 Å². The van der Waals surface area contributed by atoms with Gasteiger partial charge in [0.1, 0.15) is 0 Å². The van der Waals surface area contributed by atoms with Gasteiger partial charge in [0.05, 0.1) is 6.10 Å². The maximum atomic E-state index is 13.2. The highest BCUT2D eigenvalue weighted by molar-refractivity contribution is 5.10. The van der Waals surface area contributed by atoms with Crippen molar-refractivity contribution in [2.45, 2.75) is 122 Å². The number of rotatable bonds is 8. The minimum Gasteiger partial charge on any atom is -0.351 e. The normalized spacial score (nSPS) is 39.1. The lowest BCUT2D eigenvalue weighted by atomic mass is 9.44. The summed E-state index contributed by atoms with van der Waals surface area (Å²) in [6.45, 7) is 4.47. The summed E-state index contributed by atoms with van der Waals surface area (Å²) >= 11 is 0. The van der Waals surface area contributed by atoms with Crippen LogP contribution in [-0.2, 0) is 9.47 Å². The topological polar surface area (TPSA) is 18.5 Å². The van der Waals surface area contributed by atoms with Gasteiger partial charge in [-0.2, -0.15) is 39.5 Å². The summed E-state index contributed by atoms with van der Waals surface area (Å²) in [4.78, 5) is 0. The summed E-state index contributed by atoms with van der Waals surface area (Å²) in [5.74, 6) is 2.13. The second-order valence-corrected chi connectivity index (χ2v) is 13.7. The van der Waals surface area contributed by atoms with E-state index in [0.29, 0.717) is 23.7 Å². The van der Waals surface area contributed by atoms with Gasteiger partial charge in [0.15, 0.2) is 6.86 Å². The summed E-state index contributed by atoms with van der Waals surface area (Å²) in [7, 11) is 0. The molecule has 0 aromatic carbocycles. The highest BCUT2D eigenvalue weighted by atomic mass is 19.4. The number of hydrogen-bond donors (Lipinski definition) is 0. The molecule has 240 valence electrons. The Labute approximate surface area is 235 Å². The third-order valence-corrected chi connectivity index (χ3v) is 12.0. The van der Waals surface area contributed by atoms with Crippen molar-refractivity contribution in [3.63, 3.8) is 0 Å². The second kappa shape index (κ2) is 11.3. The van der Waals surface area contributed by atoms with Crippen LogP contribution in [0.3, 0.4) is 0 Å². The minimum absolute atomic E-state index is 0.0299. The Morgan fingerprint density at radius 2 is 1.34 bits per heavy atom. The zero-order chi connectivity index (χ0) is 30.6. The number of hydrogen-bond acceptors (Lipinski definition) is 2. The molecule has 0 N–H and O–H groups in total. The van der Waals surface area contributed by atoms with E-state index in [2.05, 4.69) is 18.6 Å². The van der Waals surface area contributed by atoms with Gasteiger partial charge in [-0.1, -0.05) is 20.8 Å². The van der Waals surface area contributed by atoms with Crippen molar-refractivity contribution in [1.29, 1.82) is 0 Å². The average Bonchev–Trinajstić information content (AvgIpc) is 3.19. The molecule has 0 aliphatic heterocycles. The van der Waals surface area contributed by atoms with Gasteiger partial charge in [0, 0.05) is 6.61 Å². The SMILES string of the molecule is CC(CCCOC(C(F)(F)F)(C(F)(F)F)C(F)(F)F)C1CCC2C3CCC4CC(OCF)CCC4(C)C3CCC12C. The van der Waals surface area contributed by atoms with Crippen LogP contribution in [0.2, 0.25) is 0 Å². The molecule has 4 rings (SSSR count). The van der Waals surface area contributed by atoms with E-state index in [1.807, 2.05) is 6.92 Å². The fraction of sp³-hybridized carbons (Fsp3) is 1.00. The predicted octanol–water partition coefficient (Wildman–Crippen LogP) is 9.82. The molecule has 9 unspecified atom stereocenters. The Morgan fingerprint density at radius 3 is 1.93 bits per heavy atom. The number of fused-ring (bicyclic) bond motifs is 5. The second-order valence-electron chi connectivity index (χ2n) is 13.7. The standard InChI is InChI=1S/C29H42F10O2/c1-17(5-4-14-41-26(27(31,32)33,28(34,35)36)29(37,38)39)21-8-9-22-20-7-6-18-15-19(40-16-30)10-12-24(18,2)23(20)11-13-25(21,22)3/h17-23H,4-16H2,1-3H3. The van der Waals surface area contributed by atoms with Gasteiger partial charge in [-0.15, -0.1) is 0 Å². The molecule has 0 spiro atoms. The summed E-state index contributed by atoms with van der Waals surface area (Å²) in [6.07, 6.45) is -11.5. The first-order valence-corrected chi connectivity index (χ1v) is 14.8. The van der Waals surface area contributed by atoms with E-state index in [1.165, 1.54) is 0 Å². The van der Waals surface area contributed by atoms with Crippen LogP contribution in [0.5, 0.6) is 0 Å². The molecule has 0 aromatic heterocycles. The van der Waals surface area contributed by atoms with Crippen molar-refractivity contribution in [2.75, 3.05) is 13.5 Å². The number of alkyl halides is 10. The Kier molecular flexibility index (Phi) is 9.12. The molecule has 4 saturated carbocycles. The maximum absolute atomic E-state index is 13.2. The van der Waals surface area contributed by atoms with E-state index in [4.69, 9.17) is 4.74 Å². The van der Waals surface area contributed by atoms with Gasteiger partial charge in [0.2, 0.25) is 0 Å². The average molecular weight is 613 g/mol. The molecule has 4 fully saturated rings. The Bertz CT molecular complexity index is 865. The van der Waals surface area contributed by atoms with Gasteiger partial charge in [-0.05, 0) is 117 Å². The van der Waals surface area contributed by atoms with E-state index in [0.717, 1.165) is 57.8 Å². The third kappa shape index (κ3) is 5.52. The van der Waals surface area contributed by atoms with Crippen molar-refractivity contribution in [2.24, 2.45) is 46.3 Å². The van der Waals surface area contributed by atoms with Gasteiger partial charge in [-0.3, -0.25) is 0 Å². The smallest absolute Gasteiger partial charge is 0.351 e. The molecule has 9 atom stereocenters. The summed E-state index contributed by atoms with van der Waals surface area (Å²) in [6, 6.07) is 0. The van der Waals surface area contributed by atoms with Crippen LogP contribution in [0.4, 0.5) is 43.9 Å². The summed E-state index contributed by atoms with van der Waals surface area (Å²) in [5.41, 5.74) is -6.07. The molecular weight excluding hydrogens is 570 g/mol. The first kappa shape index (κ1) is 33.1. The van der Waals surface area contributed by atoms with Crippen molar-refractivity contribution in [1.82, 2.24) is 0 Å². The number of halogens is 10. The Balaban J connectivity index is 1.39. The molecule has 0 amide bonds. The summed E-state index contributed by atoms with van der Waals surface area (Å²) < 4.78 is 140. The molecule has 2 nitrogen and oxygen atoms in total. The van der Waals surface area contributed by atoms with E-state index < -0.39 is 37.6 Å². The Hall–Kier alpha value is -0.780. The van der Waals surface area contributed by atoms with Crippen LogP contribution < -0.4 is 0 Å². The van der Waals surface area contributed by atoms with Crippen molar-refractivity contribution in [3.05, 3.63) is 0 Å². The van der Waals surface area contributed by atoms with Gasteiger partial charge in [-0.25, -0.2) is 4.39 Å². The minimum atomic E-state index is -6.70. The molecule has 0 radical (unpaired) electrons. The van der Waals surface area contributed by atoms with Crippen LogP contribution in [0.15, 0.2) is 0 Å². The first-order valence-electron chi connectivity index (χ1n) is 14.8. The molecule has 4 aliphatic rings. The molecule has 0 heterocycles. The van der Waals surface area contributed by atoms with E-state index in [-0.39, 0.29) is 41.6 Å². The van der Waals surface area contributed by atoms with Crippen LogP contribution >= 0.6 is 0 Å². The molecule has 4 aliphatic carbocycles. The fourth-order valence-electron chi connectivity index (χ4n) is 9.99. The number of ether oxygens (including phenoxy) is 2. The molecule has 0 saturated heterocycles. The van der Waals surface area contributed by atoms with Crippen molar-refractivity contribution >= 4 is 0 Å². The van der Waals surface area contributed by atoms with Crippen LogP contribution in [-0.4, -0.2) is 43.7 Å². The lowest BCUT2D eigenvalue weighted by Crippen LogP contribution is -2.67. The quantitative estimate of drug-likeness (QED) is 0.201. The van der Waals surface area contributed by atoms with Gasteiger partial charge in [0.25, 0.3) is 0 Å². The van der Waals surface area contributed by atoms with Crippen molar-refractivity contribution < 1.29 is 53.4 Å². The van der Waals surface area contributed by atoms with E-state index in [9.17, 15) is 43.9 Å². The van der Waals surface area contributed by atoms with Crippen LogP contribution in [0.1, 0.15) is 91.4 Å².